The number of thiophene rings is 1. The average molecular weight is 292 g/mol. The average Bonchev–Trinajstić information content (AvgIpc) is 2.84. The fraction of sp³-hybridized carbons (Fsp3) is 0.286. The molecule has 0 aliphatic carbocycles. The van der Waals surface area contributed by atoms with E-state index in [-0.39, 0.29) is 17.6 Å². The number of benzene rings is 1. The largest absolute Gasteiger partial charge is 0.353 e. The smallest absolute Gasteiger partial charge is 0.264 e. The van der Waals surface area contributed by atoms with Crippen LogP contribution < -0.4 is 5.32 Å². The molecule has 1 aliphatic heterocycles. The van der Waals surface area contributed by atoms with Crippen LogP contribution in [0.5, 0.6) is 0 Å². The van der Waals surface area contributed by atoms with Gasteiger partial charge in [-0.15, -0.1) is 11.3 Å². The summed E-state index contributed by atoms with van der Waals surface area (Å²) in [5.41, 5.74) is 0. The molecule has 2 amide bonds. The number of carbonyl (C=O) groups is 2. The number of halogens is 1. The van der Waals surface area contributed by atoms with E-state index in [1.54, 1.807) is 24.0 Å². The van der Waals surface area contributed by atoms with Crippen LogP contribution in [0.25, 0.3) is 10.1 Å². The van der Waals surface area contributed by atoms with Gasteiger partial charge in [0.25, 0.3) is 5.91 Å². The van der Waals surface area contributed by atoms with Crippen molar-refractivity contribution < 1.29 is 14.0 Å². The van der Waals surface area contributed by atoms with E-state index in [0.717, 1.165) is 4.70 Å². The zero-order chi connectivity index (χ0) is 14.3. The van der Waals surface area contributed by atoms with Gasteiger partial charge in [-0.25, -0.2) is 4.39 Å². The van der Waals surface area contributed by atoms with E-state index in [0.29, 0.717) is 23.4 Å². The molecule has 1 aromatic heterocycles. The third-order valence-electron chi connectivity index (χ3n) is 3.45. The first-order chi connectivity index (χ1) is 9.56. The summed E-state index contributed by atoms with van der Waals surface area (Å²) in [7, 11) is 0. The maximum Gasteiger partial charge on any atom is 0.264 e. The fourth-order valence-corrected chi connectivity index (χ4v) is 3.32. The molecule has 0 radical (unpaired) electrons. The zero-order valence-corrected chi connectivity index (χ0v) is 11.7. The minimum Gasteiger partial charge on any atom is -0.353 e. The second-order valence-corrected chi connectivity index (χ2v) is 5.84. The minimum atomic E-state index is -0.474. The van der Waals surface area contributed by atoms with Crippen LogP contribution in [0.2, 0.25) is 0 Å². The number of amides is 2. The van der Waals surface area contributed by atoms with Gasteiger partial charge in [-0.1, -0.05) is 0 Å². The molecule has 0 spiro atoms. The summed E-state index contributed by atoms with van der Waals surface area (Å²) < 4.78 is 14.0. The SMILES string of the molecule is CC1C(=O)NCCN1C(=O)c1cc2cc(F)ccc2s1. The first-order valence-corrected chi connectivity index (χ1v) is 7.15. The number of nitrogens with one attached hydrogen (secondary N) is 1. The van der Waals surface area contributed by atoms with Crippen molar-refractivity contribution in [2.45, 2.75) is 13.0 Å². The Bertz CT molecular complexity index is 698. The number of fused-ring (bicyclic) bond motifs is 1. The lowest BCUT2D eigenvalue weighted by molar-refractivity contribution is -0.127. The highest BCUT2D eigenvalue weighted by Crippen LogP contribution is 2.27. The molecule has 3 rings (SSSR count). The number of rotatable bonds is 1. The molecule has 1 aliphatic rings. The Morgan fingerprint density at radius 2 is 2.25 bits per heavy atom. The number of piperazine rings is 1. The quantitative estimate of drug-likeness (QED) is 0.874. The van der Waals surface area contributed by atoms with Gasteiger partial charge in [0.2, 0.25) is 5.91 Å². The second-order valence-electron chi connectivity index (χ2n) is 4.76. The molecular weight excluding hydrogens is 279 g/mol. The monoisotopic (exact) mass is 292 g/mol. The molecule has 0 saturated carbocycles. The van der Waals surface area contributed by atoms with Crippen molar-refractivity contribution in [1.82, 2.24) is 10.2 Å². The van der Waals surface area contributed by atoms with Gasteiger partial charge < -0.3 is 10.2 Å². The molecule has 1 unspecified atom stereocenters. The van der Waals surface area contributed by atoms with Crippen molar-refractivity contribution in [3.63, 3.8) is 0 Å². The Kier molecular flexibility index (Phi) is 3.17. The van der Waals surface area contributed by atoms with Gasteiger partial charge in [0, 0.05) is 17.8 Å². The lowest BCUT2D eigenvalue weighted by atomic mass is 10.2. The van der Waals surface area contributed by atoms with Crippen LogP contribution in [0.1, 0.15) is 16.6 Å². The van der Waals surface area contributed by atoms with E-state index < -0.39 is 6.04 Å². The number of hydrogen-bond acceptors (Lipinski definition) is 3. The third-order valence-corrected chi connectivity index (χ3v) is 4.55. The predicted molar refractivity (Wildman–Crippen MR) is 75.3 cm³/mol. The van der Waals surface area contributed by atoms with Crippen LogP contribution in [-0.2, 0) is 4.79 Å². The topological polar surface area (TPSA) is 49.4 Å². The van der Waals surface area contributed by atoms with E-state index in [4.69, 9.17) is 0 Å². The van der Waals surface area contributed by atoms with Crippen LogP contribution in [0.3, 0.4) is 0 Å². The number of carbonyl (C=O) groups excluding carboxylic acids is 2. The van der Waals surface area contributed by atoms with Gasteiger partial charge in [-0.05, 0) is 36.6 Å². The van der Waals surface area contributed by atoms with Crippen LogP contribution >= 0.6 is 11.3 Å². The number of nitrogens with zero attached hydrogens (tertiary/aromatic N) is 1. The number of hydrogen-bond donors (Lipinski definition) is 1. The second kappa shape index (κ2) is 4.86. The van der Waals surface area contributed by atoms with Gasteiger partial charge in [0.05, 0.1) is 4.88 Å². The molecule has 1 N–H and O–H groups in total. The van der Waals surface area contributed by atoms with Gasteiger partial charge in [0.1, 0.15) is 11.9 Å². The van der Waals surface area contributed by atoms with Gasteiger partial charge in [-0.2, -0.15) is 0 Å². The molecule has 1 saturated heterocycles. The van der Waals surface area contributed by atoms with Crippen LogP contribution in [0, 0.1) is 5.82 Å². The van der Waals surface area contributed by atoms with E-state index >= 15 is 0 Å². The van der Waals surface area contributed by atoms with Crippen molar-refractivity contribution in [2.24, 2.45) is 0 Å². The fourth-order valence-electron chi connectivity index (χ4n) is 2.32. The highest BCUT2D eigenvalue weighted by atomic mass is 32.1. The molecule has 0 bridgehead atoms. The van der Waals surface area contributed by atoms with Crippen LogP contribution in [0.15, 0.2) is 24.3 Å². The van der Waals surface area contributed by atoms with E-state index in [1.807, 2.05) is 0 Å². The summed E-state index contributed by atoms with van der Waals surface area (Å²) in [4.78, 5) is 26.2. The third kappa shape index (κ3) is 2.16. The molecule has 1 atom stereocenters. The molecule has 4 nitrogen and oxygen atoms in total. The molecule has 2 aromatic rings. The summed E-state index contributed by atoms with van der Waals surface area (Å²) in [6.45, 7) is 2.67. The lowest BCUT2D eigenvalue weighted by Gasteiger charge is -2.32. The summed E-state index contributed by atoms with van der Waals surface area (Å²) >= 11 is 1.32. The van der Waals surface area contributed by atoms with E-state index in [9.17, 15) is 14.0 Å². The first-order valence-electron chi connectivity index (χ1n) is 6.34. The maximum absolute atomic E-state index is 13.2. The molecule has 20 heavy (non-hydrogen) atoms. The van der Waals surface area contributed by atoms with Crippen molar-refractivity contribution in [2.75, 3.05) is 13.1 Å². The molecule has 104 valence electrons. The van der Waals surface area contributed by atoms with E-state index in [2.05, 4.69) is 5.32 Å². The molecule has 1 aromatic carbocycles. The van der Waals surface area contributed by atoms with Gasteiger partial charge in [-0.3, -0.25) is 9.59 Å². The highest BCUT2D eigenvalue weighted by Gasteiger charge is 2.30. The molecule has 6 heteroatoms. The normalized spacial score (nSPS) is 19.2. The van der Waals surface area contributed by atoms with Crippen molar-refractivity contribution in [1.29, 1.82) is 0 Å². The first kappa shape index (κ1) is 13.1. The predicted octanol–water partition coefficient (Wildman–Crippen LogP) is 2.00. The Morgan fingerprint density at radius 3 is 3.05 bits per heavy atom. The van der Waals surface area contributed by atoms with E-state index in [1.165, 1.54) is 23.5 Å². The Balaban J connectivity index is 1.93. The molecular formula is C14H13FN2O2S. The van der Waals surface area contributed by atoms with Crippen molar-refractivity contribution >= 4 is 33.2 Å². The van der Waals surface area contributed by atoms with Crippen LogP contribution in [0.4, 0.5) is 4.39 Å². The minimum absolute atomic E-state index is 0.142. The summed E-state index contributed by atoms with van der Waals surface area (Å²) in [5, 5.41) is 3.44. The zero-order valence-electron chi connectivity index (χ0n) is 10.9. The molecule has 1 fully saturated rings. The Morgan fingerprint density at radius 1 is 1.45 bits per heavy atom. The summed E-state index contributed by atoms with van der Waals surface area (Å²) in [6.07, 6.45) is 0. The highest BCUT2D eigenvalue weighted by molar-refractivity contribution is 7.20. The maximum atomic E-state index is 13.2. The summed E-state index contributed by atoms with van der Waals surface area (Å²) in [6, 6.07) is 5.67. The lowest BCUT2D eigenvalue weighted by Crippen LogP contribution is -2.55. The summed E-state index contributed by atoms with van der Waals surface area (Å²) in [5.74, 6) is -0.634. The standard InChI is InChI=1S/C14H13FN2O2S/c1-8-13(18)16-4-5-17(8)14(19)12-7-9-6-10(15)2-3-11(9)20-12/h2-3,6-8H,4-5H2,1H3,(H,16,18). The van der Waals surface area contributed by atoms with Gasteiger partial charge >= 0.3 is 0 Å². The van der Waals surface area contributed by atoms with Gasteiger partial charge in [0.15, 0.2) is 0 Å². The molecule has 2 heterocycles. The van der Waals surface area contributed by atoms with Crippen molar-refractivity contribution in [3.05, 3.63) is 35.0 Å². The Hall–Kier alpha value is -1.95. The van der Waals surface area contributed by atoms with Crippen LogP contribution in [-0.4, -0.2) is 35.8 Å². The van der Waals surface area contributed by atoms with Crippen molar-refractivity contribution in [3.8, 4) is 0 Å². The Labute approximate surface area is 119 Å².